The molecule has 0 bridgehead atoms. The average Bonchev–Trinajstić information content (AvgIpc) is 2.92. The third-order valence-corrected chi connectivity index (χ3v) is 5.40. The third-order valence-electron chi connectivity index (χ3n) is 5.40. The summed E-state index contributed by atoms with van der Waals surface area (Å²) in [4.78, 5) is 81.5. The molecular formula is C27H37N3O15. The summed E-state index contributed by atoms with van der Waals surface area (Å²) in [7, 11) is 0. The van der Waals surface area contributed by atoms with E-state index < -0.39 is 98.9 Å². The van der Waals surface area contributed by atoms with Crippen LogP contribution in [-0.2, 0) is 65.2 Å². The number of amides is 1. The zero-order chi connectivity index (χ0) is 34.1. The van der Waals surface area contributed by atoms with Crippen LogP contribution in [0.2, 0.25) is 0 Å². The fourth-order valence-electron chi connectivity index (χ4n) is 3.35. The summed E-state index contributed by atoms with van der Waals surface area (Å²) < 4.78 is 28.6. The van der Waals surface area contributed by atoms with E-state index >= 15 is 0 Å². The molecule has 1 rings (SSSR count). The van der Waals surface area contributed by atoms with Gasteiger partial charge in [0.05, 0.1) is 25.0 Å². The minimum absolute atomic E-state index is 0.117. The predicted octanol–water partition coefficient (Wildman–Crippen LogP) is -0.0349. The van der Waals surface area contributed by atoms with Crippen molar-refractivity contribution in [3.8, 4) is 0 Å². The molecule has 0 radical (unpaired) electrons. The van der Waals surface area contributed by atoms with Crippen LogP contribution in [0.4, 0.5) is 9.59 Å². The highest BCUT2D eigenvalue weighted by atomic mass is 16.8. The van der Waals surface area contributed by atoms with Crippen molar-refractivity contribution >= 4 is 42.1 Å². The van der Waals surface area contributed by atoms with Gasteiger partial charge < -0.3 is 55.4 Å². The SMILES string of the molecule is CC(C)OC(=O)OCOC(=O)[C@H](Cc1ccc(CC(C)OC(=O)OCOC(=O)[C@@H](N)CC(=O)O)cc1)NC(=O)[C@@H](N)CC(=O)O. The van der Waals surface area contributed by atoms with Crippen molar-refractivity contribution in [2.24, 2.45) is 11.5 Å². The van der Waals surface area contributed by atoms with E-state index in [0.717, 1.165) is 0 Å². The van der Waals surface area contributed by atoms with E-state index in [1.165, 1.54) is 0 Å². The Kier molecular flexibility index (Phi) is 16.4. The number of aliphatic carboxylic acids is 2. The second-order valence-corrected chi connectivity index (χ2v) is 9.74. The van der Waals surface area contributed by atoms with Crippen LogP contribution in [0.1, 0.15) is 44.7 Å². The molecule has 1 aromatic rings. The van der Waals surface area contributed by atoms with E-state index in [-0.39, 0.29) is 12.8 Å². The number of carbonyl (C=O) groups excluding carboxylic acids is 5. The van der Waals surface area contributed by atoms with Gasteiger partial charge in [-0.15, -0.1) is 0 Å². The maximum atomic E-state index is 12.7. The zero-order valence-electron chi connectivity index (χ0n) is 24.8. The minimum atomic E-state index is -1.45. The number of nitrogens with two attached hydrogens (primary N) is 2. The fourth-order valence-corrected chi connectivity index (χ4v) is 3.35. The van der Waals surface area contributed by atoms with Crippen molar-refractivity contribution < 1.29 is 72.2 Å². The predicted molar refractivity (Wildman–Crippen MR) is 148 cm³/mol. The molecule has 18 heteroatoms. The molecule has 250 valence electrons. The van der Waals surface area contributed by atoms with Crippen LogP contribution in [0.3, 0.4) is 0 Å². The van der Waals surface area contributed by atoms with Gasteiger partial charge in [0.25, 0.3) is 0 Å². The van der Waals surface area contributed by atoms with Gasteiger partial charge in [-0.25, -0.2) is 14.4 Å². The number of nitrogens with one attached hydrogen (secondary N) is 1. The topological polar surface area (TPSA) is 279 Å². The third kappa shape index (κ3) is 16.5. The molecule has 45 heavy (non-hydrogen) atoms. The molecule has 7 N–H and O–H groups in total. The first-order valence-electron chi connectivity index (χ1n) is 13.4. The molecule has 0 fully saturated rings. The molecule has 0 aromatic heterocycles. The lowest BCUT2D eigenvalue weighted by molar-refractivity contribution is -0.158. The molecule has 0 saturated carbocycles. The monoisotopic (exact) mass is 643 g/mol. The lowest BCUT2D eigenvalue weighted by atomic mass is 10.0. The van der Waals surface area contributed by atoms with Crippen LogP contribution in [-0.4, -0.2) is 96.2 Å². The summed E-state index contributed by atoms with van der Waals surface area (Å²) in [6.45, 7) is 3.09. The second kappa shape index (κ2) is 19.3. The quantitative estimate of drug-likeness (QED) is 0.0797. The van der Waals surface area contributed by atoms with Crippen LogP contribution < -0.4 is 16.8 Å². The molecule has 18 nitrogen and oxygen atoms in total. The van der Waals surface area contributed by atoms with Crippen LogP contribution >= 0.6 is 0 Å². The van der Waals surface area contributed by atoms with E-state index in [4.69, 9.17) is 35.9 Å². The standard InChI is InChI=1S/C27H37N3O15/c1-14(2)44-26(38)42-13-41-25(37)20(30-23(35)18(28)10-21(31)32)9-17-6-4-16(5-7-17)8-15(3)45-27(39)43-12-40-24(36)19(29)11-22(33)34/h4-7,14-15,18-20H,8-13,28-29H2,1-3H3,(H,30,35)(H,31,32)(H,33,34)/t15?,18-,19-,20-/m0/s1. The number of carboxylic acids is 2. The van der Waals surface area contributed by atoms with Gasteiger partial charge in [-0.2, -0.15) is 0 Å². The first kappa shape index (κ1) is 38.1. The number of ether oxygens (including phenoxy) is 6. The number of benzene rings is 1. The molecule has 0 spiro atoms. The normalized spacial score (nSPS) is 13.3. The number of hydrogen-bond acceptors (Lipinski definition) is 15. The Morgan fingerprint density at radius 3 is 1.67 bits per heavy atom. The molecule has 1 aromatic carbocycles. The molecule has 1 unspecified atom stereocenters. The smallest absolute Gasteiger partial charge is 0.481 e. The maximum absolute atomic E-state index is 12.7. The van der Waals surface area contributed by atoms with Gasteiger partial charge in [0.2, 0.25) is 19.5 Å². The molecule has 0 aliphatic carbocycles. The molecule has 1 amide bonds. The van der Waals surface area contributed by atoms with Crippen LogP contribution in [0.5, 0.6) is 0 Å². The van der Waals surface area contributed by atoms with E-state index in [1.54, 1.807) is 45.0 Å². The number of hydrogen-bond donors (Lipinski definition) is 5. The van der Waals surface area contributed by atoms with Crippen molar-refractivity contribution in [2.45, 2.75) is 76.8 Å². The Labute approximate surface area is 257 Å². The maximum Gasteiger partial charge on any atom is 0.511 e. The highest BCUT2D eigenvalue weighted by molar-refractivity contribution is 5.90. The zero-order valence-corrected chi connectivity index (χ0v) is 24.8. The van der Waals surface area contributed by atoms with Gasteiger partial charge in [0.15, 0.2) is 0 Å². The summed E-state index contributed by atoms with van der Waals surface area (Å²) in [5, 5.41) is 19.8. The lowest BCUT2D eigenvalue weighted by Crippen LogP contribution is -2.50. The molecule has 0 aliphatic rings. The first-order valence-corrected chi connectivity index (χ1v) is 13.4. The van der Waals surface area contributed by atoms with Crippen molar-refractivity contribution in [3.63, 3.8) is 0 Å². The van der Waals surface area contributed by atoms with Crippen molar-refractivity contribution in [1.29, 1.82) is 0 Å². The Hall–Kier alpha value is -4.97. The number of esters is 2. The van der Waals surface area contributed by atoms with Crippen molar-refractivity contribution in [1.82, 2.24) is 5.32 Å². The highest BCUT2D eigenvalue weighted by Crippen LogP contribution is 2.12. The second-order valence-electron chi connectivity index (χ2n) is 9.74. The Bertz CT molecular complexity index is 1190. The van der Waals surface area contributed by atoms with Gasteiger partial charge >= 0.3 is 36.2 Å². The Morgan fingerprint density at radius 2 is 1.16 bits per heavy atom. The highest BCUT2D eigenvalue weighted by Gasteiger charge is 2.27. The molecular weight excluding hydrogens is 606 g/mol. The Morgan fingerprint density at radius 1 is 0.689 bits per heavy atom. The van der Waals surface area contributed by atoms with Crippen LogP contribution in [0.15, 0.2) is 24.3 Å². The summed E-state index contributed by atoms with van der Waals surface area (Å²) in [6.07, 6.45) is -4.66. The molecule has 0 aliphatic heterocycles. The van der Waals surface area contributed by atoms with Crippen molar-refractivity contribution in [2.75, 3.05) is 13.6 Å². The summed E-state index contributed by atoms with van der Waals surface area (Å²) in [5.74, 6) is -5.62. The first-order chi connectivity index (χ1) is 21.1. The fraction of sp³-hybridized carbons (Fsp3) is 0.519. The summed E-state index contributed by atoms with van der Waals surface area (Å²) in [6, 6.07) is 2.31. The molecule has 4 atom stereocenters. The van der Waals surface area contributed by atoms with Crippen molar-refractivity contribution in [3.05, 3.63) is 35.4 Å². The molecule has 0 saturated heterocycles. The van der Waals surface area contributed by atoms with Gasteiger partial charge in [-0.1, -0.05) is 24.3 Å². The summed E-state index contributed by atoms with van der Waals surface area (Å²) in [5.41, 5.74) is 12.1. The van der Waals surface area contributed by atoms with E-state index in [9.17, 15) is 33.6 Å². The van der Waals surface area contributed by atoms with Crippen LogP contribution in [0, 0.1) is 0 Å². The lowest BCUT2D eigenvalue weighted by Gasteiger charge is -2.20. The van der Waals surface area contributed by atoms with Gasteiger partial charge in [0.1, 0.15) is 18.2 Å². The van der Waals surface area contributed by atoms with Gasteiger partial charge in [-0.3, -0.25) is 19.2 Å². The van der Waals surface area contributed by atoms with E-state index in [0.29, 0.717) is 11.1 Å². The van der Waals surface area contributed by atoms with Gasteiger partial charge in [-0.05, 0) is 31.9 Å². The van der Waals surface area contributed by atoms with E-state index in [1.807, 2.05) is 0 Å². The number of carboxylic acid groups (broad SMARTS) is 2. The van der Waals surface area contributed by atoms with Gasteiger partial charge in [0, 0.05) is 12.8 Å². The average molecular weight is 644 g/mol. The van der Waals surface area contributed by atoms with E-state index in [2.05, 4.69) is 19.5 Å². The largest absolute Gasteiger partial charge is 0.511 e. The number of rotatable bonds is 18. The minimum Gasteiger partial charge on any atom is -0.481 e. The van der Waals surface area contributed by atoms with Crippen LogP contribution in [0.25, 0.3) is 0 Å². The molecule has 0 heterocycles. The summed E-state index contributed by atoms with van der Waals surface area (Å²) >= 11 is 0. The Balaban J connectivity index is 2.73. The number of carbonyl (C=O) groups is 7.